The summed E-state index contributed by atoms with van der Waals surface area (Å²) in [4.78, 5) is 10.5. The van der Waals surface area contributed by atoms with Gasteiger partial charge in [0.25, 0.3) is 0 Å². The Balaban J connectivity index is 3.69. The molecular formula is C9H16O3. The molecule has 0 unspecified atom stereocenters. The van der Waals surface area contributed by atoms with Crippen LogP contribution in [0.4, 0.5) is 0 Å². The summed E-state index contributed by atoms with van der Waals surface area (Å²) in [5.74, 6) is -0.287. The summed E-state index contributed by atoms with van der Waals surface area (Å²) < 4.78 is 10.1. The van der Waals surface area contributed by atoms with Crippen LogP contribution < -0.4 is 0 Å². The van der Waals surface area contributed by atoms with Gasteiger partial charge in [-0.25, -0.2) is 0 Å². The minimum Gasteiger partial charge on any atom is -0.463 e. The number of ether oxygens (including phenoxy) is 2. The predicted octanol–water partition coefficient (Wildman–Crippen LogP) is 1.53. The molecule has 0 amide bonds. The average molecular weight is 172 g/mol. The van der Waals surface area contributed by atoms with Gasteiger partial charge in [0, 0.05) is 6.92 Å². The van der Waals surface area contributed by atoms with Crippen molar-refractivity contribution >= 4 is 5.97 Å². The number of carbonyl (C=O) groups is 1. The van der Waals surface area contributed by atoms with Crippen molar-refractivity contribution < 1.29 is 14.3 Å². The molecule has 0 fully saturated rings. The van der Waals surface area contributed by atoms with Crippen molar-refractivity contribution in [1.82, 2.24) is 0 Å². The van der Waals surface area contributed by atoms with Crippen LogP contribution in [-0.2, 0) is 14.3 Å². The van der Waals surface area contributed by atoms with Crippen molar-refractivity contribution in [3.63, 3.8) is 0 Å². The van der Waals surface area contributed by atoms with Gasteiger partial charge in [0.2, 0.25) is 0 Å². The van der Waals surface area contributed by atoms with Gasteiger partial charge in [0.1, 0.15) is 6.61 Å². The molecule has 0 N–H and O–H groups in total. The van der Waals surface area contributed by atoms with Crippen LogP contribution in [0.2, 0.25) is 0 Å². The molecule has 0 heterocycles. The second kappa shape index (κ2) is 4.93. The quantitative estimate of drug-likeness (QED) is 0.466. The summed E-state index contributed by atoms with van der Waals surface area (Å²) in [6, 6.07) is 0. The number of carbonyl (C=O) groups excluding carboxylic acids is 1. The minimum atomic E-state index is -0.431. The smallest absolute Gasteiger partial charge is 0.302 e. The molecule has 0 aromatic rings. The first-order valence-electron chi connectivity index (χ1n) is 3.86. The summed E-state index contributed by atoms with van der Waals surface area (Å²) >= 11 is 0. The van der Waals surface area contributed by atoms with Crippen molar-refractivity contribution in [1.29, 1.82) is 0 Å². The van der Waals surface area contributed by atoms with Gasteiger partial charge in [-0.2, -0.15) is 0 Å². The SMILES string of the molecule is C=CCOC(C)(C)COC(C)=O. The molecule has 0 saturated carbocycles. The van der Waals surface area contributed by atoms with Gasteiger partial charge in [0.15, 0.2) is 0 Å². The van der Waals surface area contributed by atoms with Crippen LogP contribution in [0.3, 0.4) is 0 Å². The molecule has 0 aromatic heterocycles. The van der Waals surface area contributed by atoms with Crippen molar-refractivity contribution in [2.45, 2.75) is 26.4 Å². The van der Waals surface area contributed by atoms with Crippen LogP contribution in [0, 0.1) is 0 Å². The zero-order chi connectivity index (χ0) is 9.61. The third kappa shape index (κ3) is 5.92. The molecule has 0 radical (unpaired) electrons. The second-order valence-electron chi connectivity index (χ2n) is 3.14. The van der Waals surface area contributed by atoms with Gasteiger partial charge < -0.3 is 9.47 Å². The predicted molar refractivity (Wildman–Crippen MR) is 46.9 cm³/mol. The van der Waals surface area contributed by atoms with Gasteiger partial charge in [-0.1, -0.05) is 6.08 Å². The molecule has 3 heteroatoms. The van der Waals surface area contributed by atoms with E-state index in [4.69, 9.17) is 9.47 Å². The second-order valence-corrected chi connectivity index (χ2v) is 3.14. The van der Waals surface area contributed by atoms with Crippen LogP contribution in [0.15, 0.2) is 12.7 Å². The van der Waals surface area contributed by atoms with E-state index in [-0.39, 0.29) is 12.6 Å². The fourth-order valence-electron chi connectivity index (χ4n) is 0.602. The lowest BCUT2D eigenvalue weighted by atomic mass is 10.1. The molecule has 0 aliphatic rings. The van der Waals surface area contributed by atoms with E-state index in [1.807, 2.05) is 13.8 Å². The summed E-state index contributed by atoms with van der Waals surface area (Å²) in [6.45, 7) is 9.37. The van der Waals surface area contributed by atoms with E-state index in [9.17, 15) is 4.79 Å². The van der Waals surface area contributed by atoms with Crippen molar-refractivity contribution in [3.05, 3.63) is 12.7 Å². The van der Waals surface area contributed by atoms with E-state index in [0.717, 1.165) is 0 Å². The summed E-state index contributed by atoms with van der Waals surface area (Å²) in [5.41, 5.74) is -0.431. The van der Waals surface area contributed by atoms with Crippen LogP contribution in [0.25, 0.3) is 0 Å². The Hall–Kier alpha value is -0.830. The standard InChI is InChI=1S/C9H16O3/c1-5-6-12-9(3,4)7-11-8(2)10/h5H,1,6-7H2,2-4H3. The summed E-state index contributed by atoms with van der Waals surface area (Å²) in [5, 5.41) is 0. The molecule has 0 aromatic carbocycles. The molecule has 0 rings (SSSR count). The third-order valence-corrected chi connectivity index (χ3v) is 1.21. The fraction of sp³-hybridized carbons (Fsp3) is 0.667. The van der Waals surface area contributed by atoms with Gasteiger partial charge >= 0.3 is 5.97 Å². The first kappa shape index (κ1) is 11.2. The van der Waals surface area contributed by atoms with Gasteiger partial charge in [-0.05, 0) is 13.8 Å². The highest BCUT2D eigenvalue weighted by Gasteiger charge is 2.19. The molecule has 12 heavy (non-hydrogen) atoms. The van der Waals surface area contributed by atoms with Crippen LogP contribution >= 0.6 is 0 Å². The van der Waals surface area contributed by atoms with E-state index in [0.29, 0.717) is 6.61 Å². The van der Waals surface area contributed by atoms with E-state index in [2.05, 4.69) is 6.58 Å². The zero-order valence-corrected chi connectivity index (χ0v) is 7.92. The summed E-state index contributed by atoms with van der Waals surface area (Å²) in [7, 11) is 0. The largest absolute Gasteiger partial charge is 0.463 e. The lowest BCUT2D eigenvalue weighted by Crippen LogP contribution is -2.31. The highest BCUT2D eigenvalue weighted by Crippen LogP contribution is 2.09. The molecule has 0 aliphatic heterocycles. The first-order chi connectivity index (χ1) is 5.48. The number of hydrogen-bond acceptors (Lipinski definition) is 3. The van der Waals surface area contributed by atoms with Crippen molar-refractivity contribution in [3.8, 4) is 0 Å². The maximum atomic E-state index is 10.5. The van der Waals surface area contributed by atoms with Crippen LogP contribution in [-0.4, -0.2) is 24.8 Å². The number of hydrogen-bond donors (Lipinski definition) is 0. The molecule has 70 valence electrons. The molecule has 0 saturated heterocycles. The van der Waals surface area contributed by atoms with Gasteiger partial charge in [-0.3, -0.25) is 4.79 Å². The average Bonchev–Trinajstić information content (AvgIpc) is 1.98. The Morgan fingerprint density at radius 1 is 1.58 bits per heavy atom. The Bertz CT molecular complexity index is 161. The molecule has 0 aliphatic carbocycles. The van der Waals surface area contributed by atoms with Gasteiger partial charge in [0.05, 0.1) is 12.2 Å². The minimum absolute atomic E-state index is 0.274. The molecule has 0 atom stereocenters. The number of esters is 1. The molecule has 3 nitrogen and oxygen atoms in total. The van der Waals surface area contributed by atoms with E-state index in [1.165, 1.54) is 6.92 Å². The van der Waals surface area contributed by atoms with Crippen LogP contribution in [0.5, 0.6) is 0 Å². The normalized spacial score (nSPS) is 10.9. The Kier molecular flexibility index (Phi) is 4.59. The van der Waals surface area contributed by atoms with Gasteiger partial charge in [-0.15, -0.1) is 6.58 Å². The highest BCUT2D eigenvalue weighted by atomic mass is 16.6. The lowest BCUT2D eigenvalue weighted by molar-refractivity contribution is -0.149. The van der Waals surface area contributed by atoms with Crippen molar-refractivity contribution in [2.24, 2.45) is 0 Å². The molecular weight excluding hydrogens is 156 g/mol. The molecule has 0 bridgehead atoms. The lowest BCUT2D eigenvalue weighted by Gasteiger charge is -2.23. The number of rotatable bonds is 5. The van der Waals surface area contributed by atoms with Crippen LogP contribution in [0.1, 0.15) is 20.8 Å². The van der Waals surface area contributed by atoms with E-state index >= 15 is 0 Å². The topological polar surface area (TPSA) is 35.5 Å². The summed E-state index contributed by atoms with van der Waals surface area (Å²) in [6.07, 6.45) is 1.66. The van der Waals surface area contributed by atoms with E-state index in [1.54, 1.807) is 6.08 Å². The third-order valence-electron chi connectivity index (χ3n) is 1.21. The Morgan fingerprint density at radius 3 is 2.58 bits per heavy atom. The first-order valence-corrected chi connectivity index (χ1v) is 3.86. The van der Waals surface area contributed by atoms with E-state index < -0.39 is 5.60 Å². The zero-order valence-electron chi connectivity index (χ0n) is 7.92. The Labute approximate surface area is 73.4 Å². The Morgan fingerprint density at radius 2 is 2.17 bits per heavy atom. The monoisotopic (exact) mass is 172 g/mol. The highest BCUT2D eigenvalue weighted by molar-refractivity contribution is 5.65. The molecule has 0 spiro atoms. The maximum absolute atomic E-state index is 10.5. The fourth-order valence-corrected chi connectivity index (χ4v) is 0.602. The maximum Gasteiger partial charge on any atom is 0.302 e. The van der Waals surface area contributed by atoms with Crippen molar-refractivity contribution in [2.75, 3.05) is 13.2 Å².